The number of unbranched alkanes of at least 4 members (excludes halogenated alkanes) is 3. The van der Waals surface area contributed by atoms with Crippen molar-refractivity contribution in [3.05, 3.63) is 132 Å². The van der Waals surface area contributed by atoms with Gasteiger partial charge in [0.15, 0.2) is 11.4 Å². The number of nitrogens with one attached hydrogen (secondary N) is 2. The van der Waals surface area contributed by atoms with E-state index in [2.05, 4.69) is 45.9 Å². The van der Waals surface area contributed by atoms with E-state index in [-0.39, 0.29) is 30.6 Å². The summed E-state index contributed by atoms with van der Waals surface area (Å²) in [5.41, 5.74) is 13.1. The van der Waals surface area contributed by atoms with Crippen LogP contribution in [-0.2, 0) is 39.3 Å². The number of imidazole rings is 1. The minimum absolute atomic E-state index is 0.000722. The molecule has 10 nitrogen and oxygen atoms in total. The average Bonchev–Trinajstić information content (AvgIpc) is 3.62. The maximum Gasteiger partial charge on any atom is 0.224 e. The number of para-hydroxylation sites is 2. The Morgan fingerprint density at radius 1 is 0.870 bits per heavy atom. The summed E-state index contributed by atoms with van der Waals surface area (Å²) >= 11 is 1.67. The number of benzene rings is 4. The maximum absolute atomic E-state index is 12.7. The molecular formula is C43H49N5O5S. The van der Waals surface area contributed by atoms with Crippen molar-refractivity contribution in [2.75, 3.05) is 16.8 Å². The first kappa shape index (κ1) is 38.8. The molecule has 0 saturated carbocycles. The monoisotopic (exact) mass is 747 g/mol. The largest absolute Gasteiger partial charge is 0.397 e. The number of anilines is 2. The molecule has 1 saturated heterocycles. The van der Waals surface area contributed by atoms with E-state index in [4.69, 9.17) is 15.2 Å². The highest BCUT2D eigenvalue weighted by Crippen LogP contribution is 2.40. The predicted octanol–water partition coefficient (Wildman–Crippen LogP) is 8.09. The quantitative estimate of drug-likeness (QED) is 0.0425. The second kappa shape index (κ2) is 19.4. The lowest BCUT2D eigenvalue weighted by molar-refractivity contribution is -0.245. The summed E-state index contributed by atoms with van der Waals surface area (Å²) in [7, 11) is 1.99. The average molecular weight is 748 g/mol. The molecule has 2 amide bonds. The van der Waals surface area contributed by atoms with Crippen molar-refractivity contribution < 1.29 is 24.2 Å². The number of nitrogens with zero attached hydrogens (tertiary/aromatic N) is 2. The number of aliphatic hydroxyl groups excluding tert-OH is 1. The summed E-state index contributed by atoms with van der Waals surface area (Å²) in [6.07, 6.45) is 7.81. The molecule has 0 spiro atoms. The van der Waals surface area contributed by atoms with Gasteiger partial charge in [-0.2, -0.15) is 0 Å². The molecule has 3 unspecified atom stereocenters. The van der Waals surface area contributed by atoms with Crippen LogP contribution in [0.1, 0.15) is 79.6 Å². The first-order chi connectivity index (χ1) is 26.4. The van der Waals surface area contributed by atoms with Gasteiger partial charge in [0.2, 0.25) is 11.8 Å². The van der Waals surface area contributed by atoms with Gasteiger partial charge in [0.05, 0.1) is 30.2 Å². The van der Waals surface area contributed by atoms with Crippen LogP contribution in [-0.4, -0.2) is 38.3 Å². The van der Waals surface area contributed by atoms with Crippen LogP contribution in [0.4, 0.5) is 11.4 Å². The van der Waals surface area contributed by atoms with Gasteiger partial charge >= 0.3 is 0 Å². The van der Waals surface area contributed by atoms with Crippen molar-refractivity contribution in [1.29, 1.82) is 0 Å². The molecule has 4 aromatic carbocycles. The van der Waals surface area contributed by atoms with Crippen molar-refractivity contribution in [1.82, 2.24) is 14.9 Å². The van der Waals surface area contributed by atoms with E-state index in [1.165, 1.54) is 0 Å². The Bertz CT molecular complexity index is 1970. The molecule has 1 aliphatic rings. The third kappa shape index (κ3) is 10.8. The summed E-state index contributed by atoms with van der Waals surface area (Å²) < 4.78 is 15.1. The standard InChI is InChI=1S/C43H49N5O5S/c1-48-25-24-45-43(48)54-29-35-26-39(32-18-16-30(28-49)17-19-32)53-42(52-35)33-22-20-31(21-23-33)36-11-7-6-10-34(36)27-46-40(50)14-4-2-3-5-15-41(51)47-38-13-9-8-12-37(38)44/h6-13,16-25,35,39,42,49H,2-5,14-15,26-29,44H2,1H3,(H,46,50)(H,47,51). The van der Waals surface area contributed by atoms with Crippen LogP contribution in [0.3, 0.4) is 0 Å². The minimum atomic E-state index is -0.553. The zero-order valence-corrected chi connectivity index (χ0v) is 31.5. The van der Waals surface area contributed by atoms with Gasteiger partial charge in [-0.05, 0) is 52.8 Å². The third-order valence-corrected chi connectivity index (χ3v) is 10.8. The summed E-state index contributed by atoms with van der Waals surface area (Å²) in [4.78, 5) is 29.5. The first-order valence-electron chi connectivity index (χ1n) is 18.6. The SMILES string of the molecule is Cn1ccnc1SCC1CC(c2ccc(CO)cc2)OC(c2ccc(-c3ccccc3CNC(=O)CCCCCCC(=O)Nc3ccccc3N)cc2)O1. The summed E-state index contributed by atoms with van der Waals surface area (Å²) in [6, 6.07) is 31.5. The molecule has 5 N–H and O–H groups in total. The van der Waals surface area contributed by atoms with Crippen molar-refractivity contribution >= 4 is 35.0 Å². The number of aromatic nitrogens is 2. The Balaban J connectivity index is 1.00. The third-order valence-electron chi connectivity index (χ3n) is 9.57. The molecule has 3 atom stereocenters. The molecule has 0 radical (unpaired) electrons. The molecule has 282 valence electrons. The highest BCUT2D eigenvalue weighted by atomic mass is 32.2. The number of aliphatic hydroxyl groups is 1. The lowest BCUT2D eigenvalue weighted by Crippen LogP contribution is -2.31. The van der Waals surface area contributed by atoms with E-state index < -0.39 is 6.29 Å². The molecular weight excluding hydrogens is 699 g/mol. The van der Waals surface area contributed by atoms with Crippen LogP contribution in [0.15, 0.2) is 115 Å². The number of hydrogen-bond donors (Lipinski definition) is 4. The number of nitrogen functional groups attached to an aromatic ring is 1. The number of rotatable bonds is 17. The molecule has 1 aliphatic heterocycles. The number of amides is 2. The molecule has 6 rings (SSSR count). The zero-order chi connectivity index (χ0) is 37.7. The normalized spacial score (nSPS) is 16.9. The van der Waals surface area contributed by atoms with Gasteiger partial charge < -0.3 is 35.5 Å². The maximum atomic E-state index is 12.7. The smallest absolute Gasteiger partial charge is 0.224 e. The number of ether oxygens (including phenoxy) is 2. The van der Waals surface area contributed by atoms with E-state index in [1.807, 2.05) is 72.4 Å². The number of thioether (sulfide) groups is 1. The number of aryl methyl sites for hydroxylation is 1. The van der Waals surface area contributed by atoms with Crippen LogP contribution in [0.2, 0.25) is 0 Å². The molecule has 0 aliphatic carbocycles. The van der Waals surface area contributed by atoms with Crippen molar-refractivity contribution in [3.63, 3.8) is 0 Å². The van der Waals surface area contributed by atoms with Crippen LogP contribution >= 0.6 is 11.8 Å². The molecule has 2 heterocycles. The number of carbonyl (C=O) groups excluding carboxylic acids is 2. The van der Waals surface area contributed by atoms with Crippen LogP contribution in [0.5, 0.6) is 0 Å². The molecule has 1 fully saturated rings. The highest BCUT2D eigenvalue weighted by Gasteiger charge is 2.32. The highest BCUT2D eigenvalue weighted by molar-refractivity contribution is 7.99. The molecule has 11 heteroatoms. The fraction of sp³-hybridized carbons (Fsp3) is 0.326. The number of nitrogens with two attached hydrogens (primary N) is 1. The van der Waals surface area contributed by atoms with Gasteiger partial charge in [-0.1, -0.05) is 110 Å². The molecule has 1 aromatic heterocycles. The van der Waals surface area contributed by atoms with Crippen molar-refractivity contribution in [3.8, 4) is 11.1 Å². The van der Waals surface area contributed by atoms with Crippen LogP contribution in [0.25, 0.3) is 11.1 Å². The van der Waals surface area contributed by atoms with E-state index in [0.29, 0.717) is 37.2 Å². The van der Waals surface area contributed by atoms with Gasteiger partial charge in [0, 0.05) is 56.6 Å². The van der Waals surface area contributed by atoms with Crippen LogP contribution in [0, 0.1) is 0 Å². The minimum Gasteiger partial charge on any atom is -0.397 e. The van der Waals surface area contributed by atoms with Gasteiger partial charge in [-0.3, -0.25) is 9.59 Å². The van der Waals surface area contributed by atoms with Crippen molar-refractivity contribution in [2.45, 2.75) is 81.8 Å². The fourth-order valence-corrected chi connectivity index (χ4v) is 7.44. The summed E-state index contributed by atoms with van der Waals surface area (Å²) in [6.45, 7) is 0.430. The Labute approximate surface area is 321 Å². The van der Waals surface area contributed by atoms with Gasteiger partial charge in [-0.15, -0.1) is 0 Å². The molecule has 0 bridgehead atoms. The van der Waals surface area contributed by atoms with Gasteiger partial charge in [0.25, 0.3) is 0 Å². The van der Waals surface area contributed by atoms with Gasteiger partial charge in [0.1, 0.15) is 0 Å². The Morgan fingerprint density at radius 2 is 1.57 bits per heavy atom. The Kier molecular flexibility index (Phi) is 13.9. The molecule has 54 heavy (non-hydrogen) atoms. The number of carbonyl (C=O) groups is 2. The van der Waals surface area contributed by atoms with E-state index in [0.717, 1.165) is 70.0 Å². The Hall–Kier alpha value is -4.94. The summed E-state index contributed by atoms with van der Waals surface area (Å²) in [5.74, 6) is 0.697. The first-order valence-corrected chi connectivity index (χ1v) is 19.5. The topological polar surface area (TPSA) is 141 Å². The van der Waals surface area contributed by atoms with E-state index in [9.17, 15) is 14.7 Å². The lowest BCUT2D eigenvalue weighted by atomic mass is 9.97. The second-order valence-electron chi connectivity index (χ2n) is 13.6. The second-order valence-corrected chi connectivity index (χ2v) is 14.6. The Morgan fingerprint density at radius 3 is 2.30 bits per heavy atom. The molecule has 5 aromatic rings. The van der Waals surface area contributed by atoms with E-state index >= 15 is 0 Å². The van der Waals surface area contributed by atoms with E-state index in [1.54, 1.807) is 30.1 Å². The van der Waals surface area contributed by atoms with Gasteiger partial charge in [-0.25, -0.2) is 4.98 Å². The fourth-order valence-electron chi connectivity index (χ4n) is 6.49. The number of hydrogen-bond acceptors (Lipinski definition) is 8. The summed E-state index contributed by atoms with van der Waals surface area (Å²) in [5, 5.41) is 16.4. The predicted molar refractivity (Wildman–Crippen MR) is 213 cm³/mol. The van der Waals surface area contributed by atoms with Crippen molar-refractivity contribution in [2.24, 2.45) is 7.05 Å². The van der Waals surface area contributed by atoms with Crippen LogP contribution < -0.4 is 16.4 Å². The zero-order valence-electron chi connectivity index (χ0n) is 30.7. The lowest BCUT2D eigenvalue weighted by Gasteiger charge is -2.36.